The molecule has 1 atom stereocenters. The van der Waals surface area contributed by atoms with Gasteiger partial charge in [-0.15, -0.1) is 0 Å². The number of aryl methyl sites for hydroxylation is 1. The second-order valence-corrected chi connectivity index (χ2v) is 6.25. The van der Waals surface area contributed by atoms with Crippen molar-refractivity contribution >= 4 is 22.5 Å². The Morgan fingerprint density at radius 2 is 1.88 bits per heavy atom. The van der Waals surface area contributed by atoms with Crippen molar-refractivity contribution in [2.75, 3.05) is 11.9 Å². The fourth-order valence-electron chi connectivity index (χ4n) is 3.30. The van der Waals surface area contributed by atoms with E-state index in [1.165, 1.54) is 0 Å². The number of fused-ring (bicyclic) bond motifs is 3. The molecule has 0 aliphatic heterocycles. The fraction of sp³-hybridized carbons (Fsp3) is 0.143. The number of aromatic nitrogens is 2. The van der Waals surface area contributed by atoms with Gasteiger partial charge in [0.1, 0.15) is 11.9 Å². The third-order valence-electron chi connectivity index (χ3n) is 4.59. The highest BCUT2D eigenvalue weighted by Crippen LogP contribution is 2.28. The van der Waals surface area contributed by atoms with Crippen LogP contribution < -0.4 is 5.32 Å². The minimum absolute atomic E-state index is 0.0445. The number of nitriles is 1. The lowest BCUT2D eigenvalue weighted by Gasteiger charge is -2.20. The molecule has 5 heteroatoms. The zero-order valence-corrected chi connectivity index (χ0v) is 14.3. The maximum Gasteiger partial charge on any atom is 0.157 e. The molecule has 0 amide bonds. The second-order valence-electron chi connectivity index (χ2n) is 6.25. The fourth-order valence-corrected chi connectivity index (χ4v) is 3.30. The van der Waals surface area contributed by atoms with Crippen molar-refractivity contribution in [3.8, 4) is 6.07 Å². The third-order valence-corrected chi connectivity index (χ3v) is 4.59. The Balaban J connectivity index is 1.93. The maximum atomic E-state index is 9.91. The lowest BCUT2D eigenvalue weighted by molar-refractivity contribution is 0.276. The number of rotatable bonds is 4. The average Bonchev–Trinajstić information content (AvgIpc) is 3.06. The number of pyridine rings is 1. The summed E-state index contributed by atoms with van der Waals surface area (Å²) in [7, 11) is 0. The summed E-state index contributed by atoms with van der Waals surface area (Å²) in [6.45, 7) is 1.86. The number of imidazole rings is 1. The van der Waals surface area contributed by atoms with Crippen molar-refractivity contribution in [3.05, 3.63) is 77.4 Å². The standard InChI is InChI=1S/C21H18N4O/c1-14-11-20(23-18(13-26)15-7-3-2-4-8-15)25-19-10-6-5-9-17(19)24-21(25)16(14)12-22/h2-11,18,23,26H,13H2,1H3/t18-/m1/s1. The van der Waals surface area contributed by atoms with E-state index in [9.17, 15) is 10.4 Å². The van der Waals surface area contributed by atoms with Crippen LogP contribution >= 0.6 is 0 Å². The van der Waals surface area contributed by atoms with Crippen LogP contribution in [0.1, 0.15) is 22.7 Å². The lowest BCUT2D eigenvalue weighted by Crippen LogP contribution is -2.17. The first-order valence-electron chi connectivity index (χ1n) is 8.46. The molecule has 2 aromatic carbocycles. The normalized spacial score (nSPS) is 12.2. The Morgan fingerprint density at radius 1 is 1.15 bits per heavy atom. The number of aliphatic hydroxyl groups excluding tert-OH is 1. The molecule has 0 fully saturated rings. The van der Waals surface area contributed by atoms with Crippen molar-refractivity contribution in [1.29, 1.82) is 5.26 Å². The summed E-state index contributed by atoms with van der Waals surface area (Å²) in [4.78, 5) is 4.65. The summed E-state index contributed by atoms with van der Waals surface area (Å²) >= 11 is 0. The number of hydrogen-bond acceptors (Lipinski definition) is 4. The summed E-state index contributed by atoms with van der Waals surface area (Å²) in [6.07, 6.45) is 0. The highest BCUT2D eigenvalue weighted by atomic mass is 16.3. The smallest absolute Gasteiger partial charge is 0.157 e. The molecule has 0 aliphatic carbocycles. The van der Waals surface area contributed by atoms with Crippen LogP contribution in [0.25, 0.3) is 16.7 Å². The zero-order chi connectivity index (χ0) is 18.1. The van der Waals surface area contributed by atoms with E-state index in [1.54, 1.807) is 0 Å². The SMILES string of the molecule is Cc1cc(N[C@H](CO)c2ccccc2)n2c(nc3ccccc32)c1C#N. The van der Waals surface area contributed by atoms with E-state index < -0.39 is 0 Å². The van der Waals surface area contributed by atoms with Gasteiger partial charge in [0, 0.05) is 0 Å². The van der Waals surface area contributed by atoms with Crippen molar-refractivity contribution in [1.82, 2.24) is 9.38 Å². The predicted molar refractivity (Wildman–Crippen MR) is 102 cm³/mol. The molecule has 0 spiro atoms. The molecule has 0 unspecified atom stereocenters. The van der Waals surface area contributed by atoms with Gasteiger partial charge in [0.25, 0.3) is 0 Å². The molecule has 0 radical (unpaired) electrons. The number of nitrogens with zero attached hydrogens (tertiary/aromatic N) is 3. The van der Waals surface area contributed by atoms with Gasteiger partial charge in [-0.1, -0.05) is 42.5 Å². The van der Waals surface area contributed by atoms with E-state index in [2.05, 4.69) is 16.4 Å². The number of hydrogen-bond donors (Lipinski definition) is 2. The summed E-state index contributed by atoms with van der Waals surface area (Å²) < 4.78 is 1.95. The van der Waals surface area contributed by atoms with Gasteiger partial charge in [-0.25, -0.2) is 4.98 Å². The average molecular weight is 342 g/mol. The molecule has 0 saturated carbocycles. The summed E-state index contributed by atoms with van der Waals surface area (Å²) in [5, 5.41) is 22.9. The van der Waals surface area contributed by atoms with E-state index in [-0.39, 0.29) is 12.6 Å². The molecule has 5 nitrogen and oxygen atoms in total. The number of aliphatic hydroxyl groups is 1. The van der Waals surface area contributed by atoms with Crippen molar-refractivity contribution in [2.45, 2.75) is 13.0 Å². The Kier molecular flexibility index (Phi) is 4.04. The number of anilines is 1. The van der Waals surface area contributed by atoms with E-state index in [1.807, 2.05) is 72.0 Å². The summed E-state index contributed by atoms with van der Waals surface area (Å²) in [5.41, 5.74) is 4.79. The van der Waals surface area contributed by atoms with Crippen LogP contribution in [0.2, 0.25) is 0 Å². The van der Waals surface area contributed by atoms with E-state index in [0.29, 0.717) is 11.2 Å². The van der Waals surface area contributed by atoms with Crippen LogP contribution in [0.15, 0.2) is 60.7 Å². The summed E-state index contributed by atoms with van der Waals surface area (Å²) in [5.74, 6) is 0.799. The number of para-hydroxylation sites is 2. The Labute approximate surface area is 151 Å². The monoisotopic (exact) mass is 342 g/mol. The molecule has 26 heavy (non-hydrogen) atoms. The molecule has 0 bridgehead atoms. The molecule has 4 rings (SSSR count). The van der Waals surface area contributed by atoms with E-state index in [0.717, 1.165) is 28.0 Å². The predicted octanol–water partition coefficient (Wildman–Crippen LogP) is 3.81. The van der Waals surface area contributed by atoms with Gasteiger partial charge >= 0.3 is 0 Å². The molecule has 2 aromatic heterocycles. The molecular formula is C21H18N4O. The van der Waals surface area contributed by atoms with Crippen LogP contribution in [-0.2, 0) is 0 Å². The van der Waals surface area contributed by atoms with Crippen LogP contribution in [0, 0.1) is 18.3 Å². The van der Waals surface area contributed by atoms with Gasteiger partial charge in [-0.2, -0.15) is 5.26 Å². The number of benzene rings is 2. The second kappa shape index (κ2) is 6.51. The lowest BCUT2D eigenvalue weighted by atomic mass is 10.1. The van der Waals surface area contributed by atoms with E-state index >= 15 is 0 Å². The highest BCUT2D eigenvalue weighted by molar-refractivity contribution is 5.85. The molecule has 2 heterocycles. The molecule has 2 N–H and O–H groups in total. The van der Waals surface area contributed by atoms with E-state index in [4.69, 9.17) is 0 Å². The Morgan fingerprint density at radius 3 is 2.62 bits per heavy atom. The van der Waals surface area contributed by atoms with Crippen LogP contribution in [0.5, 0.6) is 0 Å². The molecule has 0 saturated heterocycles. The minimum atomic E-state index is -0.257. The highest BCUT2D eigenvalue weighted by Gasteiger charge is 2.17. The first-order valence-corrected chi connectivity index (χ1v) is 8.46. The third kappa shape index (κ3) is 2.57. The molecule has 4 aromatic rings. The molecule has 0 aliphatic rings. The zero-order valence-electron chi connectivity index (χ0n) is 14.3. The topological polar surface area (TPSA) is 73.3 Å². The van der Waals surface area contributed by atoms with Crippen LogP contribution in [-0.4, -0.2) is 21.1 Å². The molecule has 128 valence electrons. The van der Waals surface area contributed by atoms with Gasteiger partial charge in [0.05, 0.1) is 29.2 Å². The first-order chi connectivity index (χ1) is 12.7. The Bertz CT molecular complexity index is 1130. The van der Waals surface area contributed by atoms with Gasteiger partial charge in [0.15, 0.2) is 5.65 Å². The van der Waals surface area contributed by atoms with Crippen LogP contribution in [0.3, 0.4) is 0 Å². The van der Waals surface area contributed by atoms with Gasteiger partial charge in [-0.05, 0) is 36.2 Å². The number of nitrogens with one attached hydrogen (secondary N) is 1. The minimum Gasteiger partial charge on any atom is -0.394 e. The first kappa shape index (κ1) is 16.1. The maximum absolute atomic E-state index is 9.91. The van der Waals surface area contributed by atoms with Gasteiger partial charge < -0.3 is 10.4 Å². The molecular weight excluding hydrogens is 324 g/mol. The van der Waals surface area contributed by atoms with Crippen molar-refractivity contribution in [3.63, 3.8) is 0 Å². The van der Waals surface area contributed by atoms with Crippen molar-refractivity contribution in [2.24, 2.45) is 0 Å². The van der Waals surface area contributed by atoms with Gasteiger partial charge in [-0.3, -0.25) is 4.40 Å². The summed E-state index contributed by atoms with van der Waals surface area (Å²) in [6, 6.07) is 21.6. The van der Waals surface area contributed by atoms with Gasteiger partial charge in [0.2, 0.25) is 0 Å². The largest absolute Gasteiger partial charge is 0.394 e. The quantitative estimate of drug-likeness (QED) is 0.591. The Hall–Kier alpha value is -3.36. The van der Waals surface area contributed by atoms with Crippen LogP contribution in [0.4, 0.5) is 5.82 Å². The van der Waals surface area contributed by atoms with Crippen molar-refractivity contribution < 1.29 is 5.11 Å².